The Bertz CT molecular complexity index is 133. The lowest BCUT2D eigenvalue weighted by atomic mass is 10.1. The van der Waals surface area contributed by atoms with Crippen molar-refractivity contribution in [2.75, 3.05) is 0 Å². The molecule has 0 saturated heterocycles. The van der Waals surface area contributed by atoms with Crippen molar-refractivity contribution >= 4 is 0 Å². The van der Waals surface area contributed by atoms with Crippen LogP contribution >= 0.6 is 0 Å². The molecule has 1 nitrogen and oxygen atoms in total. The Morgan fingerprint density at radius 2 is 1.20 bits per heavy atom. The molecule has 15 heavy (non-hydrogen) atoms. The van der Waals surface area contributed by atoms with E-state index in [1.165, 1.54) is 64.2 Å². The molecule has 2 fully saturated rings. The quantitative estimate of drug-likeness (QED) is 0.621. The topological polar surface area (TPSA) is 9.23 Å². The fraction of sp³-hybridized carbons (Fsp3) is 0.857. The molecule has 0 aromatic heterocycles. The highest BCUT2D eigenvalue weighted by molar-refractivity contribution is 4.78. The van der Waals surface area contributed by atoms with E-state index in [0.717, 1.165) is 0 Å². The molecule has 2 rings (SSSR count). The second kappa shape index (κ2) is 6.52. The molecular formula is C14H24O. The van der Waals surface area contributed by atoms with E-state index >= 15 is 0 Å². The van der Waals surface area contributed by atoms with Gasteiger partial charge in [0, 0.05) is 0 Å². The number of hydrogen-bond acceptors (Lipinski definition) is 1. The highest BCUT2D eigenvalue weighted by Crippen LogP contribution is 2.25. The molecule has 0 aromatic carbocycles. The molecule has 0 bridgehead atoms. The van der Waals surface area contributed by atoms with Crippen LogP contribution in [-0.4, -0.2) is 12.2 Å². The van der Waals surface area contributed by atoms with Gasteiger partial charge in [0.25, 0.3) is 0 Å². The summed E-state index contributed by atoms with van der Waals surface area (Å²) in [5.74, 6) is 0. The summed E-state index contributed by atoms with van der Waals surface area (Å²) < 4.78 is 6.25. The summed E-state index contributed by atoms with van der Waals surface area (Å²) in [6, 6.07) is 0. The lowest BCUT2D eigenvalue weighted by molar-refractivity contribution is -0.0253. The van der Waals surface area contributed by atoms with Crippen LogP contribution in [0.5, 0.6) is 0 Å². The van der Waals surface area contributed by atoms with Gasteiger partial charge in [-0.25, -0.2) is 0 Å². The van der Waals surface area contributed by atoms with Crippen molar-refractivity contribution in [2.45, 2.75) is 76.4 Å². The largest absolute Gasteiger partial charge is 0.375 e. The minimum atomic E-state index is 0.562. The van der Waals surface area contributed by atoms with E-state index in [4.69, 9.17) is 4.74 Å². The van der Waals surface area contributed by atoms with Crippen LogP contribution in [0, 0.1) is 12.8 Å². The molecule has 2 atom stereocenters. The van der Waals surface area contributed by atoms with Crippen LogP contribution < -0.4 is 0 Å². The van der Waals surface area contributed by atoms with E-state index in [1.807, 2.05) is 0 Å². The molecular weight excluding hydrogens is 184 g/mol. The van der Waals surface area contributed by atoms with Crippen LogP contribution in [0.15, 0.2) is 0 Å². The maximum Gasteiger partial charge on any atom is 0.0579 e. The molecule has 2 aliphatic rings. The monoisotopic (exact) mass is 208 g/mol. The molecule has 2 unspecified atom stereocenters. The molecule has 2 saturated carbocycles. The van der Waals surface area contributed by atoms with Gasteiger partial charge >= 0.3 is 0 Å². The standard InChI is InChI=1S/C14H24O/c1-2-6-10-13(9-5-1)15-14-11-7-3-4-8-12-14/h1,3,13-14H,2,4-12H2. The van der Waals surface area contributed by atoms with E-state index in [2.05, 4.69) is 12.8 Å². The number of hydrogen-bond donors (Lipinski definition) is 0. The number of rotatable bonds is 2. The van der Waals surface area contributed by atoms with Gasteiger partial charge in [-0.2, -0.15) is 0 Å². The summed E-state index contributed by atoms with van der Waals surface area (Å²) >= 11 is 0. The predicted molar refractivity (Wildman–Crippen MR) is 63.4 cm³/mol. The van der Waals surface area contributed by atoms with Crippen LogP contribution in [0.2, 0.25) is 0 Å². The van der Waals surface area contributed by atoms with Crippen molar-refractivity contribution in [2.24, 2.45) is 0 Å². The van der Waals surface area contributed by atoms with Crippen molar-refractivity contribution in [3.8, 4) is 0 Å². The van der Waals surface area contributed by atoms with E-state index in [-0.39, 0.29) is 0 Å². The van der Waals surface area contributed by atoms with Crippen molar-refractivity contribution in [3.05, 3.63) is 12.8 Å². The summed E-state index contributed by atoms with van der Waals surface area (Å²) in [5, 5.41) is 0. The van der Waals surface area contributed by atoms with Gasteiger partial charge in [0.1, 0.15) is 0 Å². The minimum Gasteiger partial charge on any atom is -0.375 e. The average Bonchev–Trinajstić information content (AvgIpc) is 2.63. The maximum absolute atomic E-state index is 6.25. The molecule has 2 radical (unpaired) electrons. The molecule has 0 spiro atoms. The highest BCUT2D eigenvalue weighted by atomic mass is 16.5. The Kier molecular flexibility index (Phi) is 4.98. The summed E-state index contributed by atoms with van der Waals surface area (Å²) in [7, 11) is 0. The van der Waals surface area contributed by atoms with Gasteiger partial charge in [-0.1, -0.05) is 25.7 Å². The number of ether oxygens (including phenoxy) is 1. The van der Waals surface area contributed by atoms with E-state index in [0.29, 0.717) is 12.2 Å². The van der Waals surface area contributed by atoms with Gasteiger partial charge in [0.2, 0.25) is 0 Å². The van der Waals surface area contributed by atoms with Crippen LogP contribution in [0.1, 0.15) is 64.2 Å². The first-order valence-electron chi connectivity index (χ1n) is 6.74. The molecule has 0 aromatic rings. The smallest absolute Gasteiger partial charge is 0.0579 e. The summed E-state index contributed by atoms with van der Waals surface area (Å²) in [5.41, 5.74) is 0. The van der Waals surface area contributed by atoms with Gasteiger partial charge < -0.3 is 4.74 Å². The van der Waals surface area contributed by atoms with E-state index in [9.17, 15) is 0 Å². The Balaban J connectivity index is 1.73. The van der Waals surface area contributed by atoms with Crippen LogP contribution in [0.3, 0.4) is 0 Å². The third-order valence-corrected chi connectivity index (χ3v) is 3.64. The van der Waals surface area contributed by atoms with E-state index < -0.39 is 0 Å². The van der Waals surface area contributed by atoms with E-state index in [1.54, 1.807) is 0 Å². The lowest BCUT2D eigenvalue weighted by Gasteiger charge is -2.22. The first kappa shape index (κ1) is 11.4. The molecule has 0 heterocycles. The molecule has 1 heteroatoms. The zero-order valence-corrected chi connectivity index (χ0v) is 9.79. The molecule has 86 valence electrons. The second-order valence-electron chi connectivity index (χ2n) is 4.97. The van der Waals surface area contributed by atoms with Crippen LogP contribution in [-0.2, 0) is 4.74 Å². The van der Waals surface area contributed by atoms with Gasteiger partial charge in [0.05, 0.1) is 12.2 Å². The summed E-state index contributed by atoms with van der Waals surface area (Å²) in [4.78, 5) is 0. The molecule has 0 amide bonds. The first-order valence-corrected chi connectivity index (χ1v) is 6.74. The van der Waals surface area contributed by atoms with Crippen molar-refractivity contribution < 1.29 is 4.74 Å². The van der Waals surface area contributed by atoms with Crippen molar-refractivity contribution in [1.29, 1.82) is 0 Å². The Hall–Kier alpha value is -0.0400. The summed E-state index contributed by atoms with van der Waals surface area (Å²) in [6.45, 7) is 0. The SMILES string of the molecule is [CH]1CCCC(OC2CC[CH]CCC2)CC1. The highest BCUT2D eigenvalue weighted by Gasteiger charge is 2.19. The van der Waals surface area contributed by atoms with Gasteiger partial charge in [-0.05, 0) is 51.4 Å². The third kappa shape index (κ3) is 4.14. The zero-order valence-electron chi connectivity index (χ0n) is 9.79. The van der Waals surface area contributed by atoms with Crippen molar-refractivity contribution in [3.63, 3.8) is 0 Å². The average molecular weight is 208 g/mol. The maximum atomic E-state index is 6.25. The summed E-state index contributed by atoms with van der Waals surface area (Å²) in [6.07, 6.45) is 18.9. The lowest BCUT2D eigenvalue weighted by Crippen LogP contribution is -2.21. The first-order chi connectivity index (χ1) is 7.45. The molecule has 0 aliphatic heterocycles. The van der Waals surface area contributed by atoms with Crippen LogP contribution in [0.4, 0.5) is 0 Å². The fourth-order valence-electron chi connectivity index (χ4n) is 2.71. The Morgan fingerprint density at radius 1 is 0.667 bits per heavy atom. The second-order valence-corrected chi connectivity index (χ2v) is 4.97. The Morgan fingerprint density at radius 3 is 1.73 bits per heavy atom. The third-order valence-electron chi connectivity index (χ3n) is 3.64. The van der Waals surface area contributed by atoms with Crippen molar-refractivity contribution in [1.82, 2.24) is 0 Å². The predicted octanol–water partition coefficient (Wildman–Crippen LogP) is 4.08. The van der Waals surface area contributed by atoms with Crippen LogP contribution in [0.25, 0.3) is 0 Å². The molecule has 0 N–H and O–H groups in total. The minimum absolute atomic E-state index is 0.562. The zero-order chi connectivity index (χ0) is 10.3. The van der Waals surface area contributed by atoms with Gasteiger partial charge in [0.15, 0.2) is 0 Å². The fourth-order valence-corrected chi connectivity index (χ4v) is 2.71. The molecule has 2 aliphatic carbocycles. The van der Waals surface area contributed by atoms with Gasteiger partial charge in [-0.15, -0.1) is 0 Å². The van der Waals surface area contributed by atoms with Gasteiger partial charge in [-0.3, -0.25) is 0 Å². The normalized spacial score (nSPS) is 27.2. The Labute approximate surface area is 94.6 Å².